The van der Waals surface area contributed by atoms with Crippen LogP contribution in [0.15, 0.2) is 182 Å². The molecule has 6 nitrogen and oxygen atoms in total. The first-order valence-electron chi connectivity index (χ1n) is 25.5. The molecule has 67 heavy (non-hydrogen) atoms. The second-order valence-electron chi connectivity index (χ2n) is 15.9. The summed E-state index contributed by atoms with van der Waals surface area (Å²) in [4.78, 5) is 38.0. The number of unbranched alkanes of at least 4 members (excludes halogenated alkanes) is 13. The highest BCUT2D eigenvalue weighted by atomic mass is 16.6. The van der Waals surface area contributed by atoms with E-state index in [9.17, 15) is 14.4 Å². The molecular weight excluding hydrogens is 829 g/mol. The zero-order valence-corrected chi connectivity index (χ0v) is 41.8. The highest BCUT2D eigenvalue weighted by molar-refractivity contribution is 5.71. The summed E-state index contributed by atoms with van der Waals surface area (Å²) in [5.41, 5.74) is 0. The maximum atomic E-state index is 12.8. The molecule has 0 N–H and O–H groups in total. The van der Waals surface area contributed by atoms with E-state index in [-0.39, 0.29) is 44.0 Å². The van der Waals surface area contributed by atoms with Gasteiger partial charge in [-0.1, -0.05) is 248 Å². The molecule has 0 spiro atoms. The van der Waals surface area contributed by atoms with Gasteiger partial charge in [-0.2, -0.15) is 0 Å². The predicted molar refractivity (Wildman–Crippen MR) is 287 cm³/mol. The lowest BCUT2D eigenvalue weighted by molar-refractivity contribution is -0.167. The molecule has 0 bridgehead atoms. The third-order valence-electron chi connectivity index (χ3n) is 9.77. The van der Waals surface area contributed by atoms with Crippen molar-refractivity contribution >= 4 is 17.9 Å². The zero-order valence-electron chi connectivity index (χ0n) is 41.8. The molecule has 368 valence electrons. The maximum Gasteiger partial charge on any atom is 0.306 e. The Hall–Kier alpha value is -5.49. The minimum atomic E-state index is -0.836. The van der Waals surface area contributed by atoms with Gasteiger partial charge in [0.1, 0.15) is 13.2 Å². The van der Waals surface area contributed by atoms with Gasteiger partial charge in [-0.15, -0.1) is 0 Å². The van der Waals surface area contributed by atoms with Gasteiger partial charge in [0.15, 0.2) is 6.10 Å². The molecule has 0 saturated carbocycles. The Labute approximate surface area is 408 Å². The summed E-state index contributed by atoms with van der Waals surface area (Å²) >= 11 is 0. The average Bonchev–Trinajstić information content (AvgIpc) is 3.33. The van der Waals surface area contributed by atoms with Crippen molar-refractivity contribution in [2.75, 3.05) is 13.2 Å². The molecule has 0 aromatic heterocycles. The van der Waals surface area contributed by atoms with Crippen molar-refractivity contribution in [2.45, 2.75) is 168 Å². The van der Waals surface area contributed by atoms with E-state index in [0.29, 0.717) is 19.3 Å². The van der Waals surface area contributed by atoms with Crippen molar-refractivity contribution in [1.29, 1.82) is 0 Å². The third-order valence-corrected chi connectivity index (χ3v) is 9.77. The molecule has 6 heteroatoms. The van der Waals surface area contributed by atoms with Gasteiger partial charge in [0.2, 0.25) is 0 Å². The molecular formula is C61H88O6. The van der Waals surface area contributed by atoms with E-state index in [1.54, 1.807) is 0 Å². The van der Waals surface area contributed by atoms with Gasteiger partial charge in [-0.25, -0.2) is 0 Å². The van der Waals surface area contributed by atoms with Crippen LogP contribution in [0.4, 0.5) is 0 Å². The van der Waals surface area contributed by atoms with Crippen LogP contribution in [0.2, 0.25) is 0 Å². The number of allylic oxidation sites excluding steroid dienone is 30. The van der Waals surface area contributed by atoms with Crippen molar-refractivity contribution in [1.82, 2.24) is 0 Å². The third kappa shape index (κ3) is 51.4. The van der Waals surface area contributed by atoms with E-state index >= 15 is 0 Å². The Bertz CT molecular complexity index is 1670. The van der Waals surface area contributed by atoms with Crippen LogP contribution >= 0.6 is 0 Å². The highest BCUT2D eigenvalue weighted by Gasteiger charge is 2.19. The summed E-state index contributed by atoms with van der Waals surface area (Å²) in [6.07, 6.45) is 80.0. The summed E-state index contributed by atoms with van der Waals surface area (Å²) in [7, 11) is 0. The molecule has 0 aromatic carbocycles. The highest BCUT2D eigenvalue weighted by Crippen LogP contribution is 2.12. The number of hydrogen-bond acceptors (Lipinski definition) is 6. The molecule has 0 rings (SSSR count). The number of ether oxygens (including phenoxy) is 3. The molecule has 0 fully saturated rings. The second kappa shape index (κ2) is 53.1. The Morgan fingerprint density at radius 2 is 0.537 bits per heavy atom. The quantitative estimate of drug-likeness (QED) is 0.0263. The molecule has 0 radical (unpaired) electrons. The molecule has 0 saturated heterocycles. The average molecular weight is 917 g/mol. The van der Waals surface area contributed by atoms with Crippen LogP contribution in [0.1, 0.15) is 162 Å². The maximum absolute atomic E-state index is 12.8. The fourth-order valence-corrected chi connectivity index (χ4v) is 6.03. The SMILES string of the molecule is CC\C=C/C=C\C=C/C=C\C=C\C=C/CCCCCC(=O)OCC(COC(=O)CCCCCCCCC\C=C/C=C\C=C/CC)OC(=O)CCCCC\C=C/C=C/C=C\C=C/C=C\C=C/CC. The summed E-state index contributed by atoms with van der Waals surface area (Å²) < 4.78 is 16.7. The first-order valence-corrected chi connectivity index (χ1v) is 25.5. The minimum absolute atomic E-state index is 0.128. The Morgan fingerprint density at radius 3 is 0.851 bits per heavy atom. The summed E-state index contributed by atoms with van der Waals surface area (Å²) in [6, 6.07) is 0. The smallest absolute Gasteiger partial charge is 0.306 e. The van der Waals surface area contributed by atoms with Crippen molar-refractivity contribution in [3.8, 4) is 0 Å². The van der Waals surface area contributed by atoms with Crippen molar-refractivity contribution in [2.24, 2.45) is 0 Å². The Kier molecular flexibility index (Phi) is 48.8. The summed E-state index contributed by atoms with van der Waals surface area (Å²) in [5.74, 6) is -1.05. The summed E-state index contributed by atoms with van der Waals surface area (Å²) in [5, 5.41) is 0. The van der Waals surface area contributed by atoms with E-state index < -0.39 is 6.10 Å². The molecule has 0 aliphatic carbocycles. The molecule has 0 aromatic rings. The van der Waals surface area contributed by atoms with E-state index in [4.69, 9.17) is 14.2 Å². The Morgan fingerprint density at radius 1 is 0.299 bits per heavy atom. The molecule has 1 atom stereocenters. The molecule has 0 aliphatic rings. The van der Waals surface area contributed by atoms with Crippen LogP contribution in [0.3, 0.4) is 0 Å². The van der Waals surface area contributed by atoms with Crippen LogP contribution in [0.5, 0.6) is 0 Å². The fourth-order valence-electron chi connectivity index (χ4n) is 6.03. The van der Waals surface area contributed by atoms with E-state index in [1.807, 2.05) is 122 Å². The largest absolute Gasteiger partial charge is 0.462 e. The van der Waals surface area contributed by atoms with E-state index in [0.717, 1.165) is 89.9 Å². The normalized spacial score (nSPS) is 13.7. The zero-order chi connectivity index (χ0) is 48.6. The van der Waals surface area contributed by atoms with Gasteiger partial charge < -0.3 is 14.2 Å². The molecule has 0 amide bonds. The number of carbonyl (C=O) groups excluding carboxylic acids is 3. The van der Waals surface area contributed by atoms with Gasteiger partial charge in [0.25, 0.3) is 0 Å². The van der Waals surface area contributed by atoms with E-state index in [2.05, 4.69) is 81.5 Å². The van der Waals surface area contributed by atoms with E-state index in [1.165, 1.54) is 19.3 Å². The molecule has 1 unspecified atom stereocenters. The van der Waals surface area contributed by atoms with Crippen molar-refractivity contribution < 1.29 is 28.6 Å². The van der Waals surface area contributed by atoms with Crippen LogP contribution in [0.25, 0.3) is 0 Å². The predicted octanol–water partition coefficient (Wildman–Crippen LogP) is 17.0. The van der Waals surface area contributed by atoms with Crippen LogP contribution < -0.4 is 0 Å². The number of hydrogen-bond donors (Lipinski definition) is 0. The fraction of sp³-hybridized carbons (Fsp3) is 0.459. The van der Waals surface area contributed by atoms with Crippen LogP contribution in [0, 0.1) is 0 Å². The first-order chi connectivity index (χ1) is 33.0. The number of carbonyl (C=O) groups is 3. The summed E-state index contributed by atoms with van der Waals surface area (Å²) in [6.45, 7) is 6.09. The monoisotopic (exact) mass is 917 g/mol. The van der Waals surface area contributed by atoms with Crippen LogP contribution in [-0.2, 0) is 28.6 Å². The molecule has 0 aliphatic heterocycles. The van der Waals surface area contributed by atoms with Gasteiger partial charge in [0.05, 0.1) is 0 Å². The number of esters is 3. The lowest BCUT2D eigenvalue weighted by Gasteiger charge is -2.18. The first kappa shape index (κ1) is 61.5. The van der Waals surface area contributed by atoms with Gasteiger partial charge >= 0.3 is 17.9 Å². The van der Waals surface area contributed by atoms with Crippen LogP contribution in [-0.4, -0.2) is 37.2 Å². The van der Waals surface area contributed by atoms with Gasteiger partial charge in [0, 0.05) is 19.3 Å². The Balaban J connectivity index is 4.65. The standard InChI is InChI=1S/C61H88O6/c1-4-7-10-13-16-19-22-25-28-30-33-36-39-42-45-48-51-54-60(63)66-57-58(56-65-59(62)53-50-47-44-41-38-35-32-27-24-21-18-15-12-9-6-3)67-61(64)55-52-49-46-43-40-37-34-31-29-26-23-20-17-14-11-8-5-2/h7-26,28-31,33-34,36-37,39-40,58H,4-6,27,32,35,38,41-57H2,1-3H3/b10-7-,11-8-,12-9-,16-13-,17-14-,18-15-,22-19-,23-20-,24-21-,28-25-,29-26-,33-30+,34-31+,39-36-,40-37-. The lowest BCUT2D eigenvalue weighted by Crippen LogP contribution is -2.30. The number of rotatable bonds is 42. The lowest BCUT2D eigenvalue weighted by atomic mass is 10.1. The van der Waals surface area contributed by atoms with Crippen molar-refractivity contribution in [3.05, 3.63) is 182 Å². The second-order valence-corrected chi connectivity index (χ2v) is 15.9. The van der Waals surface area contributed by atoms with Gasteiger partial charge in [-0.3, -0.25) is 14.4 Å². The van der Waals surface area contributed by atoms with Gasteiger partial charge in [-0.05, 0) is 77.0 Å². The minimum Gasteiger partial charge on any atom is -0.462 e. The van der Waals surface area contributed by atoms with Crippen molar-refractivity contribution in [3.63, 3.8) is 0 Å². The topological polar surface area (TPSA) is 78.9 Å². The molecule has 0 heterocycles.